The van der Waals surface area contributed by atoms with Gasteiger partial charge >= 0.3 is 0 Å². The van der Waals surface area contributed by atoms with Gasteiger partial charge in [-0.3, -0.25) is 19.1 Å². The van der Waals surface area contributed by atoms with Crippen molar-refractivity contribution in [2.24, 2.45) is 0 Å². The summed E-state index contributed by atoms with van der Waals surface area (Å²) in [6, 6.07) is 50.8. The minimum atomic E-state index is 0.549. The van der Waals surface area contributed by atoms with Gasteiger partial charge in [0.15, 0.2) is 17.5 Å². The summed E-state index contributed by atoms with van der Waals surface area (Å²) in [4.78, 5) is 33.9. The lowest BCUT2D eigenvalue weighted by molar-refractivity contribution is 1.07. The summed E-state index contributed by atoms with van der Waals surface area (Å²) in [5, 5.41) is 0. The first-order valence-corrected chi connectivity index (χ1v) is 17.6. The molecule has 0 fully saturated rings. The maximum absolute atomic E-state index is 5.16. The van der Waals surface area contributed by atoms with Crippen LogP contribution in [0.4, 0.5) is 0 Å². The van der Waals surface area contributed by atoms with Crippen molar-refractivity contribution in [3.8, 4) is 68.3 Å². The van der Waals surface area contributed by atoms with Crippen molar-refractivity contribution in [2.75, 3.05) is 0 Å². The van der Waals surface area contributed by atoms with Gasteiger partial charge in [-0.15, -0.1) is 0 Å². The second-order valence-corrected chi connectivity index (χ2v) is 12.8. The van der Waals surface area contributed by atoms with E-state index in [0.717, 1.165) is 72.9 Å². The zero-order valence-corrected chi connectivity index (χ0v) is 28.8. The molecule has 0 unspecified atom stereocenters. The van der Waals surface area contributed by atoms with Gasteiger partial charge in [0.1, 0.15) is 11.6 Å². The van der Waals surface area contributed by atoms with Crippen LogP contribution in [0, 0.1) is 0 Å². The van der Waals surface area contributed by atoms with E-state index in [0.29, 0.717) is 17.5 Å². The molecule has 0 bridgehead atoms. The van der Waals surface area contributed by atoms with Crippen LogP contribution in [0.3, 0.4) is 0 Å². The van der Waals surface area contributed by atoms with Crippen LogP contribution in [0.1, 0.15) is 0 Å². The van der Waals surface area contributed by atoms with Crippen molar-refractivity contribution in [1.29, 1.82) is 0 Å². The van der Waals surface area contributed by atoms with E-state index in [1.807, 2.05) is 91.0 Å². The van der Waals surface area contributed by atoms with Gasteiger partial charge in [0, 0.05) is 52.6 Å². The zero-order chi connectivity index (χ0) is 35.8. The molecule has 5 aromatic carbocycles. The average molecular weight is 696 g/mol. The van der Waals surface area contributed by atoms with Crippen LogP contribution in [0.25, 0.3) is 90.4 Å². The third kappa shape index (κ3) is 5.57. The summed E-state index contributed by atoms with van der Waals surface area (Å²) in [5.41, 5.74) is 10.1. The van der Waals surface area contributed by atoms with Crippen molar-refractivity contribution in [2.45, 2.75) is 0 Å². The van der Waals surface area contributed by atoms with Gasteiger partial charge in [-0.1, -0.05) is 91.0 Å². The fraction of sp³-hybridized carbons (Fsp3) is 0. The first-order chi connectivity index (χ1) is 26.8. The Kier molecular flexibility index (Phi) is 7.58. The molecule has 0 spiro atoms. The molecule has 5 heterocycles. The largest absolute Gasteiger partial charge is 0.292 e. The van der Waals surface area contributed by atoms with Crippen molar-refractivity contribution in [3.05, 3.63) is 176 Å². The third-order valence-corrected chi connectivity index (χ3v) is 9.40. The normalized spacial score (nSPS) is 11.3. The smallest absolute Gasteiger partial charge is 0.164 e. The maximum atomic E-state index is 5.16. The monoisotopic (exact) mass is 695 g/mol. The molecule has 54 heavy (non-hydrogen) atoms. The van der Waals surface area contributed by atoms with Crippen molar-refractivity contribution in [1.82, 2.24) is 44.0 Å². The molecule has 5 aromatic heterocycles. The number of imidazole rings is 2. The summed E-state index contributed by atoms with van der Waals surface area (Å²) in [5.74, 6) is 3.35. The Morgan fingerprint density at radius 3 is 1.09 bits per heavy atom. The molecule has 254 valence electrons. The first kappa shape index (κ1) is 31.1. The number of rotatable bonds is 7. The highest BCUT2D eigenvalue weighted by molar-refractivity contribution is 5.88. The van der Waals surface area contributed by atoms with E-state index in [1.54, 1.807) is 24.8 Å². The fourth-order valence-corrected chi connectivity index (χ4v) is 6.86. The van der Waals surface area contributed by atoms with Gasteiger partial charge in [-0.2, -0.15) is 0 Å². The predicted molar refractivity (Wildman–Crippen MR) is 212 cm³/mol. The SMILES string of the molecule is c1ccc(-c2nc(-c3ccc4c(c3)nc(-c3ccccc3)n4-c3ccncc3)nc(-c3ccc4c(c3)nc(-c3ccccc3)n4-c3ccncc3)n2)cc1. The lowest BCUT2D eigenvalue weighted by atomic mass is 10.1. The Bertz CT molecular complexity index is 2730. The fourth-order valence-electron chi connectivity index (χ4n) is 6.86. The third-order valence-electron chi connectivity index (χ3n) is 9.40. The van der Waals surface area contributed by atoms with E-state index in [2.05, 4.69) is 79.8 Å². The van der Waals surface area contributed by atoms with Crippen LogP contribution < -0.4 is 0 Å². The molecule has 9 heteroatoms. The number of pyridine rings is 2. The Morgan fingerprint density at radius 2 is 0.685 bits per heavy atom. The minimum Gasteiger partial charge on any atom is -0.292 e. The molecule has 0 aliphatic rings. The number of hydrogen-bond donors (Lipinski definition) is 0. The lowest BCUT2D eigenvalue weighted by Crippen LogP contribution is -2.00. The van der Waals surface area contributed by atoms with Crippen LogP contribution in [-0.4, -0.2) is 44.0 Å². The molecular formula is C45H29N9. The Hall–Kier alpha value is -7.65. The zero-order valence-electron chi connectivity index (χ0n) is 28.8. The Labute approximate surface area is 310 Å². The van der Waals surface area contributed by atoms with Gasteiger partial charge in [0.25, 0.3) is 0 Å². The first-order valence-electron chi connectivity index (χ1n) is 17.6. The number of hydrogen-bond acceptors (Lipinski definition) is 7. The molecule has 0 saturated carbocycles. The van der Waals surface area contributed by atoms with Crippen LogP contribution >= 0.6 is 0 Å². The standard InChI is InChI=1S/C45H29N9/c1-4-10-30(11-5-1)41-50-42(33-16-18-39-37(28-33)48-44(31-12-6-2-7-13-31)53(39)35-20-24-46-25-21-35)52-43(51-41)34-17-19-40-38(29-34)49-45(32-14-8-3-9-15-32)54(40)36-22-26-47-27-23-36/h1-29H. The molecule has 0 saturated heterocycles. The van der Waals surface area contributed by atoms with Gasteiger partial charge in [-0.05, 0) is 60.7 Å². The van der Waals surface area contributed by atoms with Crippen LogP contribution in [0.5, 0.6) is 0 Å². The second kappa shape index (κ2) is 13.2. The van der Waals surface area contributed by atoms with E-state index in [4.69, 9.17) is 24.9 Å². The molecule has 0 N–H and O–H groups in total. The molecule has 0 amide bonds. The van der Waals surface area contributed by atoms with Gasteiger partial charge < -0.3 is 0 Å². The van der Waals surface area contributed by atoms with Crippen molar-refractivity contribution >= 4 is 22.1 Å². The molecule has 9 nitrogen and oxygen atoms in total. The van der Waals surface area contributed by atoms with E-state index in [-0.39, 0.29) is 0 Å². The topological polar surface area (TPSA) is 100 Å². The predicted octanol–water partition coefficient (Wildman–Crippen LogP) is 9.67. The van der Waals surface area contributed by atoms with E-state index < -0.39 is 0 Å². The lowest BCUT2D eigenvalue weighted by Gasteiger charge is -2.10. The summed E-state index contributed by atoms with van der Waals surface area (Å²) < 4.78 is 4.32. The van der Waals surface area contributed by atoms with E-state index in [1.165, 1.54) is 0 Å². The van der Waals surface area contributed by atoms with Crippen LogP contribution in [-0.2, 0) is 0 Å². The highest BCUT2D eigenvalue weighted by atomic mass is 15.1. The Morgan fingerprint density at radius 1 is 0.315 bits per heavy atom. The Balaban J connectivity index is 1.14. The number of nitrogens with zero attached hydrogens (tertiary/aromatic N) is 9. The number of benzene rings is 5. The van der Waals surface area contributed by atoms with E-state index in [9.17, 15) is 0 Å². The van der Waals surface area contributed by atoms with E-state index >= 15 is 0 Å². The van der Waals surface area contributed by atoms with Crippen LogP contribution in [0.2, 0.25) is 0 Å². The van der Waals surface area contributed by atoms with Gasteiger partial charge in [-0.25, -0.2) is 24.9 Å². The molecule has 10 rings (SSSR count). The van der Waals surface area contributed by atoms with Crippen molar-refractivity contribution < 1.29 is 0 Å². The quantitative estimate of drug-likeness (QED) is 0.164. The molecule has 0 atom stereocenters. The highest BCUT2D eigenvalue weighted by Crippen LogP contribution is 2.34. The summed E-state index contributed by atoms with van der Waals surface area (Å²) in [7, 11) is 0. The molecular weight excluding hydrogens is 667 g/mol. The van der Waals surface area contributed by atoms with Gasteiger partial charge in [0.2, 0.25) is 0 Å². The molecule has 0 aliphatic heterocycles. The van der Waals surface area contributed by atoms with Crippen LogP contribution in [0.15, 0.2) is 176 Å². The van der Waals surface area contributed by atoms with Crippen molar-refractivity contribution in [3.63, 3.8) is 0 Å². The molecule has 10 aromatic rings. The second-order valence-electron chi connectivity index (χ2n) is 12.8. The highest BCUT2D eigenvalue weighted by Gasteiger charge is 2.19. The average Bonchev–Trinajstić information content (AvgIpc) is 3.84. The minimum absolute atomic E-state index is 0.549. The van der Waals surface area contributed by atoms with Gasteiger partial charge in [0.05, 0.1) is 33.4 Å². The summed E-state index contributed by atoms with van der Waals surface area (Å²) in [6.45, 7) is 0. The molecule has 0 aliphatic carbocycles. The summed E-state index contributed by atoms with van der Waals surface area (Å²) in [6.07, 6.45) is 7.19. The number of aromatic nitrogens is 9. The maximum Gasteiger partial charge on any atom is 0.164 e. The number of fused-ring (bicyclic) bond motifs is 2. The molecule has 0 radical (unpaired) electrons. The summed E-state index contributed by atoms with van der Waals surface area (Å²) >= 11 is 0.